The Morgan fingerprint density at radius 2 is 1.92 bits per heavy atom. The van der Waals surface area contributed by atoms with E-state index in [4.69, 9.17) is 9.72 Å². The van der Waals surface area contributed by atoms with Crippen molar-refractivity contribution < 1.29 is 14.6 Å². The van der Waals surface area contributed by atoms with Gasteiger partial charge in [0.1, 0.15) is 0 Å². The Morgan fingerprint density at radius 3 is 2.54 bits per heavy atom. The Bertz CT molecular complexity index is 784. The molecule has 6 nitrogen and oxygen atoms in total. The maximum Gasteiger partial charge on any atom is 0.308 e. The van der Waals surface area contributed by atoms with Crippen molar-refractivity contribution in [2.45, 2.75) is 31.8 Å². The van der Waals surface area contributed by atoms with Crippen molar-refractivity contribution in [1.82, 2.24) is 9.97 Å². The van der Waals surface area contributed by atoms with E-state index in [1.165, 1.54) is 0 Å². The Hall–Kier alpha value is -2.21. The van der Waals surface area contributed by atoms with Crippen LogP contribution in [0.15, 0.2) is 24.3 Å². The summed E-state index contributed by atoms with van der Waals surface area (Å²) in [6.45, 7) is 3.97. The van der Waals surface area contributed by atoms with Crippen LogP contribution in [0.3, 0.4) is 0 Å². The van der Waals surface area contributed by atoms with E-state index in [2.05, 4.69) is 9.88 Å². The second-order valence-electron chi connectivity index (χ2n) is 6.84. The molecule has 1 atom stereocenters. The van der Waals surface area contributed by atoms with Crippen molar-refractivity contribution in [2.24, 2.45) is 5.92 Å². The first kappa shape index (κ1) is 15.3. The number of carboxylic acids is 1. The minimum Gasteiger partial charge on any atom is -0.481 e. The molecule has 0 radical (unpaired) electrons. The quantitative estimate of drug-likeness (QED) is 0.913. The van der Waals surface area contributed by atoms with Crippen molar-refractivity contribution in [1.29, 1.82) is 0 Å². The molecule has 1 spiro atoms. The summed E-state index contributed by atoms with van der Waals surface area (Å²) < 4.78 is 5.90. The highest BCUT2D eigenvalue weighted by atomic mass is 16.5. The number of aryl methyl sites for hydroxylation is 1. The third kappa shape index (κ3) is 2.60. The van der Waals surface area contributed by atoms with Gasteiger partial charge in [0, 0.05) is 13.1 Å². The molecule has 4 rings (SSSR count). The van der Waals surface area contributed by atoms with Crippen molar-refractivity contribution >= 4 is 22.8 Å². The zero-order chi connectivity index (χ0) is 16.7. The first-order valence-electron chi connectivity index (χ1n) is 8.41. The number of aromatic nitrogens is 2. The number of rotatable bonds is 2. The molecule has 0 aliphatic carbocycles. The summed E-state index contributed by atoms with van der Waals surface area (Å²) in [4.78, 5) is 22.9. The third-order valence-electron chi connectivity index (χ3n) is 5.25. The molecule has 1 aromatic carbocycles. The number of fused-ring (bicyclic) bond motifs is 1. The number of benzene rings is 1. The summed E-state index contributed by atoms with van der Waals surface area (Å²) in [5.41, 5.74) is 2.48. The van der Waals surface area contributed by atoms with Gasteiger partial charge in [-0.25, -0.2) is 9.97 Å². The highest BCUT2D eigenvalue weighted by molar-refractivity contribution is 5.76. The average molecular weight is 327 g/mol. The fourth-order valence-corrected chi connectivity index (χ4v) is 3.86. The first-order chi connectivity index (χ1) is 11.6. The molecule has 6 heteroatoms. The maximum atomic E-state index is 11.2. The number of para-hydroxylation sites is 2. The number of hydrogen-bond acceptors (Lipinski definition) is 5. The van der Waals surface area contributed by atoms with Gasteiger partial charge in [0.05, 0.1) is 34.9 Å². The van der Waals surface area contributed by atoms with Crippen LogP contribution >= 0.6 is 0 Å². The molecule has 2 aliphatic heterocycles. The van der Waals surface area contributed by atoms with Gasteiger partial charge < -0.3 is 14.7 Å². The molecular weight excluding hydrogens is 306 g/mol. The van der Waals surface area contributed by atoms with E-state index < -0.39 is 5.97 Å². The fraction of sp³-hybridized carbons (Fsp3) is 0.500. The second kappa shape index (κ2) is 5.70. The monoisotopic (exact) mass is 327 g/mol. The number of aliphatic carboxylic acids is 1. The van der Waals surface area contributed by atoms with Crippen LogP contribution in [0.2, 0.25) is 0 Å². The van der Waals surface area contributed by atoms with Crippen molar-refractivity contribution in [3.05, 3.63) is 30.0 Å². The second-order valence-corrected chi connectivity index (χ2v) is 6.84. The number of carboxylic acid groups (broad SMARTS) is 1. The van der Waals surface area contributed by atoms with Gasteiger partial charge in [0.15, 0.2) is 5.82 Å². The van der Waals surface area contributed by atoms with Crippen LogP contribution in [0.25, 0.3) is 11.0 Å². The van der Waals surface area contributed by atoms with E-state index in [1.54, 1.807) is 0 Å². The van der Waals surface area contributed by atoms with Crippen LogP contribution in [0.4, 0.5) is 5.82 Å². The summed E-state index contributed by atoms with van der Waals surface area (Å²) >= 11 is 0. The lowest BCUT2D eigenvalue weighted by molar-refractivity contribution is -0.141. The number of nitrogens with zero attached hydrogens (tertiary/aromatic N) is 3. The van der Waals surface area contributed by atoms with Gasteiger partial charge in [0.2, 0.25) is 0 Å². The van der Waals surface area contributed by atoms with Crippen LogP contribution in [0, 0.1) is 12.8 Å². The van der Waals surface area contributed by atoms with E-state index >= 15 is 0 Å². The molecule has 24 heavy (non-hydrogen) atoms. The predicted molar refractivity (Wildman–Crippen MR) is 90.1 cm³/mol. The zero-order valence-corrected chi connectivity index (χ0v) is 13.7. The molecule has 1 N–H and O–H groups in total. The summed E-state index contributed by atoms with van der Waals surface area (Å²) in [6.07, 6.45) is 2.30. The normalized spacial score (nSPS) is 23.0. The number of piperidine rings is 1. The van der Waals surface area contributed by atoms with E-state index in [1.807, 2.05) is 31.2 Å². The average Bonchev–Trinajstić information content (AvgIpc) is 2.99. The Balaban J connectivity index is 1.52. The Kier molecular flexibility index (Phi) is 3.64. The van der Waals surface area contributed by atoms with Crippen molar-refractivity contribution in [3.63, 3.8) is 0 Å². The molecule has 1 unspecified atom stereocenters. The lowest BCUT2D eigenvalue weighted by atomic mass is 9.85. The van der Waals surface area contributed by atoms with Gasteiger partial charge in [-0.15, -0.1) is 0 Å². The number of hydrogen-bond donors (Lipinski definition) is 1. The van der Waals surface area contributed by atoms with Crippen LogP contribution in [-0.4, -0.2) is 46.3 Å². The fourth-order valence-electron chi connectivity index (χ4n) is 3.86. The molecule has 2 saturated heterocycles. The van der Waals surface area contributed by atoms with Crippen LogP contribution in [0.1, 0.15) is 25.0 Å². The van der Waals surface area contributed by atoms with Crippen LogP contribution < -0.4 is 4.90 Å². The molecular formula is C18H21N3O3. The van der Waals surface area contributed by atoms with Gasteiger partial charge in [-0.05, 0) is 38.3 Å². The smallest absolute Gasteiger partial charge is 0.308 e. The van der Waals surface area contributed by atoms with Gasteiger partial charge >= 0.3 is 5.97 Å². The van der Waals surface area contributed by atoms with E-state index in [0.29, 0.717) is 13.0 Å². The maximum absolute atomic E-state index is 11.2. The van der Waals surface area contributed by atoms with Gasteiger partial charge in [0.25, 0.3) is 0 Å². The largest absolute Gasteiger partial charge is 0.481 e. The van der Waals surface area contributed by atoms with Gasteiger partial charge in [-0.2, -0.15) is 0 Å². The Morgan fingerprint density at radius 1 is 1.25 bits per heavy atom. The molecule has 126 valence electrons. The lowest BCUT2D eigenvalue weighted by Gasteiger charge is -2.39. The van der Waals surface area contributed by atoms with E-state index in [9.17, 15) is 9.90 Å². The molecule has 0 bridgehead atoms. The minimum absolute atomic E-state index is 0.266. The number of carbonyl (C=O) groups is 1. The molecule has 1 aromatic heterocycles. The molecule has 2 fully saturated rings. The van der Waals surface area contributed by atoms with E-state index in [-0.39, 0.29) is 11.5 Å². The van der Waals surface area contributed by atoms with Crippen LogP contribution in [-0.2, 0) is 9.53 Å². The first-order valence-corrected chi connectivity index (χ1v) is 8.41. The highest BCUT2D eigenvalue weighted by Crippen LogP contribution is 2.39. The molecule has 3 heterocycles. The van der Waals surface area contributed by atoms with Gasteiger partial charge in [-0.1, -0.05) is 12.1 Å². The summed E-state index contributed by atoms with van der Waals surface area (Å²) in [5.74, 6) is -0.180. The Labute approximate surface area is 140 Å². The van der Waals surface area contributed by atoms with Crippen molar-refractivity contribution in [3.8, 4) is 0 Å². The predicted octanol–water partition coefficient (Wildman–Crippen LogP) is 2.40. The molecule has 0 amide bonds. The number of ether oxygens (including phenoxy) is 1. The van der Waals surface area contributed by atoms with Crippen molar-refractivity contribution in [2.75, 3.05) is 24.6 Å². The van der Waals surface area contributed by atoms with E-state index in [0.717, 1.165) is 48.5 Å². The standard InChI is InChI=1S/C18H21N3O3/c1-12-16(20-15-5-3-2-4-14(15)19-12)21-8-6-18(7-9-21)10-13(11-24-18)17(22)23/h2-5,13H,6-11H2,1H3,(H,22,23). The third-order valence-corrected chi connectivity index (χ3v) is 5.25. The topological polar surface area (TPSA) is 75.6 Å². The van der Waals surface area contributed by atoms with Gasteiger partial charge in [-0.3, -0.25) is 4.79 Å². The summed E-state index contributed by atoms with van der Waals surface area (Å²) in [7, 11) is 0. The zero-order valence-electron chi connectivity index (χ0n) is 13.7. The summed E-state index contributed by atoms with van der Waals surface area (Å²) in [5, 5.41) is 9.19. The molecule has 2 aromatic rings. The number of anilines is 1. The highest BCUT2D eigenvalue weighted by Gasteiger charge is 2.45. The molecule has 2 aliphatic rings. The summed E-state index contributed by atoms with van der Waals surface area (Å²) in [6, 6.07) is 7.90. The SMILES string of the molecule is Cc1nc2ccccc2nc1N1CCC2(CC1)CC(C(=O)O)CO2. The van der Waals surface area contributed by atoms with Crippen LogP contribution in [0.5, 0.6) is 0 Å². The minimum atomic E-state index is -0.745. The lowest BCUT2D eigenvalue weighted by Crippen LogP contribution is -2.45. The molecule has 0 saturated carbocycles.